The van der Waals surface area contributed by atoms with E-state index in [1.165, 1.54) is 11.8 Å². The molecule has 0 fully saturated rings. The molecule has 0 radical (unpaired) electrons. The summed E-state index contributed by atoms with van der Waals surface area (Å²) in [5, 5.41) is 8.25. The van der Waals surface area contributed by atoms with Crippen LogP contribution in [0.2, 0.25) is 0 Å². The Morgan fingerprint density at radius 1 is 1.11 bits per heavy atom. The molecule has 3 aromatic rings. The van der Waals surface area contributed by atoms with Gasteiger partial charge in [-0.05, 0) is 64.1 Å². The minimum absolute atomic E-state index is 0.00852. The van der Waals surface area contributed by atoms with Crippen molar-refractivity contribution in [1.29, 1.82) is 0 Å². The van der Waals surface area contributed by atoms with E-state index in [0.717, 1.165) is 22.4 Å². The van der Waals surface area contributed by atoms with Gasteiger partial charge in [0.2, 0.25) is 5.89 Å². The lowest BCUT2D eigenvalue weighted by atomic mass is 10.1. The molecule has 0 unspecified atom stereocenters. The third-order valence-electron chi connectivity index (χ3n) is 3.97. The van der Waals surface area contributed by atoms with E-state index in [9.17, 15) is 4.79 Å². The Morgan fingerprint density at radius 2 is 1.78 bits per heavy atom. The summed E-state index contributed by atoms with van der Waals surface area (Å²) in [7, 11) is 0. The fourth-order valence-electron chi connectivity index (χ4n) is 2.79. The van der Waals surface area contributed by atoms with E-state index in [1.54, 1.807) is 24.3 Å². The summed E-state index contributed by atoms with van der Waals surface area (Å²) < 4.78 is 11.2. The van der Waals surface area contributed by atoms with E-state index in [2.05, 4.69) is 16.3 Å². The molecule has 6 heteroatoms. The zero-order valence-electron chi connectivity index (χ0n) is 15.9. The Labute approximate surface area is 163 Å². The van der Waals surface area contributed by atoms with Gasteiger partial charge in [-0.3, -0.25) is 4.79 Å². The molecule has 2 aromatic carbocycles. The van der Waals surface area contributed by atoms with E-state index in [4.69, 9.17) is 9.15 Å². The zero-order chi connectivity index (χ0) is 19.4. The van der Waals surface area contributed by atoms with Crippen molar-refractivity contribution in [3.63, 3.8) is 0 Å². The molecule has 0 saturated carbocycles. The molecule has 0 aliphatic heterocycles. The van der Waals surface area contributed by atoms with E-state index < -0.39 is 0 Å². The number of benzene rings is 2. The summed E-state index contributed by atoms with van der Waals surface area (Å²) >= 11 is 1.26. The number of nitrogens with zero attached hydrogens (tertiary/aromatic N) is 2. The van der Waals surface area contributed by atoms with Gasteiger partial charge >= 0.3 is 0 Å². The fraction of sp³-hybridized carbons (Fsp3) is 0.286. The number of aryl methyl sites for hydroxylation is 2. The van der Waals surface area contributed by atoms with Gasteiger partial charge in [-0.1, -0.05) is 29.0 Å². The molecule has 27 heavy (non-hydrogen) atoms. The van der Waals surface area contributed by atoms with Gasteiger partial charge in [0.1, 0.15) is 5.75 Å². The van der Waals surface area contributed by atoms with Crippen LogP contribution in [0.15, 0.2) is 52.1 Å². The van der Waals surface area contributed by atoms with Crippen molar-refractivity contribution < 1.29 is 13.9 Å². The number of aromatic nitrogens is 2. The lowest BCUT2D eigenvalue weighted by Crippen LogP contribution is -2.13. The predicted octanol–water partition coefficient (Wildman–Crippen LogP) is 5.12. The fourth-order valence-corrected chi connectivity index (χ4v) is 3.55. The normalized spacial score (nSPS) is 12.0. The van der Waals surface area contributed by atoms with Crippen LogP contribution in [0.4, 0.5) is 0 Å². The van der Waals surface area contributed by atoms with E-state index in [0.29, 0.717) is 23.3 Å². The highest BCUT2D eigenvalue weighted by atomic mass is 32.2. The van der Waals surface area contributed by atoms with Crippen LogP contribution in [0.3, 0.4) is 0 Å². The lowest BCUT2D eigenvalue weighted by Gasteiger charge is -2.08. The van der Waals surface area contributed by atoms with Gasteiger partial charge in [-0.15, -0.1) is 10.2 Å². The van der Waals surface area contributed by atoms with Crippen LogP contribution in [0.1, 0.15) is 35.3 Å². The minimum atomic E-state index is -0.338. The Bertz CT molecular complexity index is 915. The summed E-state index contributed by atoms with van der Waals surface area (Å²) in [6.45, 7) is 8.42. The van der Waals surface area contributed by atoms with Crippen molar-refractivity contribution in [2.75, 3.05) is 6.61 Å². The zero-order valence-corrected chi connectivity index (χ0v) is 16.7. The van der Waals surface area contributed by atoms with Crippen LogP contribution in [-0.2, 0) is 0 Å². The molecule has 1 atom stereocenters. The number of ether oxygens (including phenoxy) is 1. The van der Waals surface area contributed by atoms with Crippen molar-refractivity contribution in [3.8, 4) is 17.2 Å². The largest absolute Gasteiger partial charge is 0.494 e. The highest BCUT2D eigenvalue weighted by Gasteiger charge is 2.20. The first-order valence-electron chi connectivity index (χ1n) is 8.82. The van der Waals surface area contributed by atoms with Crippen molar-refractivity contribution in [2.24, 2.45) is 0 Å². The quantitative estimate of drug-likeness (QED) is 0.418. The average Bonchev–Trinajstić information content (AvgIpc) is 3.10. The predicted molar refractivity (Wildman–Crippen MR) is 106 cm³/mol. The molecule has 1 aromatic heterocycles. The van der Waals surface area contributed by atoms with E-state index in [1.807, 2.05) is 39.8 Å². The van der Waals surface area contributed by atoms with Crippen molar-refractivity contribution in [2.45, 2.75) is 38.2 Å². The van der Waals surface area contributed by atoms with Crippen molar-refractivity contribution >= 4 is 17.5 Å². The third kappa shape index (κ3) is 4.77. The maximum Gasteiger partial charge on any atom is 0.277 e. The maximum absolute atomic E-state index is 12.6. The number of carbonyl (C=O) groups excluding carboxylic acids is 1. The van der Waals surface area contributed by atoms with Gasteiger partial charge in [0.15, 0.2) is 5.78 Å². The third-order valence-corrected chi connectivity index (χ3v) is 4.91. The molecule has 0 aliphatic rings. The first-order valence-corrected chi connectivity index (χ1v) is 9.70. The smallest absolute Gasteiger partial charge is 0.277 e. The molecule has 1 heterocycles. The standard InChI is InChI=1S/C21H22N2O3S/c1-5-25-18-8-6-16(7-9-18)19(24)15(4)27-21-23-22-20(26-21)17-11-13(2)10-14(3)12-17/h6-12,15H,5H2,1-4H3/t15-/m1/s1. The lowest BCUT2D eigenvalue weighted by molar-refractivity contribution is 0.0993. The molecule has 5 nitrogen and oxygen atoms in total. The Kier molecular flexibility index (Phi) is 5.96. The topological polar surface area (TPSA) is 65.2 Å². The molecule has 0 aliphatic carbocycles. The van der Waals surface area contributed by atoms with Gasteiger partial charge in [-0.25, -0.2) is 0 Å². The van der Waals surface area contributed by atoms with Crippen LogP contribution < -0.4 is 4.74 Å². The minimum Gasteiger partial charge on any atom is -0.494 e. The van der Waals surface area contributed by atoms with Gasteiger partial charge in [0, 0.05) is 11.1 Å². The summed E-state index contributed by atoms with van der Waals surface area (Å²) in [5.74, 6) is 1.23. The summed E-state index contributed by atoms with van der Waals surface area (Å²) in [4.78, 5) is 12.6. The van der Waals surface area contributed by atoms with Gasteiger partial charge in [0.25, 0.3) is 5.22 Å². The van der Waals surface area contributed by atoms with Crippen molar-refractivity contribution in [1.82, 2.24) is 10.2 Å². The van der Waals surface area contributed by atoms with Crippen LogP contribution in [-0.4, -0.2) is 27.8 Å². The van der Waals surface area contributed by atoms with Gasteiger partial charge < -0.3 is 9.15 Å². The number of hydrogen-bond acceptors (Lipinski definition) is 6. The second-order valence-corrected chi connectivity index (χ2v) is 7.62. The highest BCUT2D eigenvalue weighted by Crippen LogP contribution is 2.29. The van der Waals surface area contributed by atoms with E-state index >= 15 is 0 Å². The number of ketones is 1. The Hall–Kier alpha value is -2.60. The number of thioether (sulfide) groups is 1. The second-order valence-electron chi connectivity index (χ2n) is 6.33. The van der Waals surface area contributed by atoms with E-state index in [-0.39, 0.29) is 11.0 Å². The molecule has 0 amide bonds. The molecule has 140 valence electrons. The first kappa shape index (κ1) is 19.2. The molecule has 0 spiro atoms. The van der Waals surface area contributed by atoms with Crippen molar-refractivity contribution in [3.05, 3.63) is 59.2 Å². The summed E-state index contributed by atoms with van der Waals surface area (Å²) in [5.41, 5.74) is 3.79. The number of rotatable bonds is 7. The molecule has 0 bridgehead atoms. The number of hydrogen-bond donors (Lipinski definition) is 0. The van der Waals surface area contributed by atoms with Crippen LogP contribution in [0.5, 0.6) is 5.75 Å². The SMILES string of the molecule is CCOc1ccc(C(=O)[C@@H](C)Sc2nnc(-c3cc(C)cc(C)c3)o2)cc1. The molecule has 0 N–H and O–H groups in total. The second kappa shape index (κ2) is 8.39. The Morgan fingerprint density at radius 3 is 2.41 bits per heavy atom. The highest BCUT2D eigenvalue weighted by molar-refractivity contribution is 8.00. The number of carbonyl (C=O) groups is 1. The maximum atomic E-state index is 12.6. The average molecular weight is 382 g/mol. The Balaban J connectivity index is 1.69. The van der Waals surface area contributed by atoms with Crippen LogP contribution in [0, 0.1) is 13.8 Å². The first-order chi connectivity index (χ1) is 13.0. The van der Waals surface area contributed by atoms with Crippen LogP contribution >= 0.6 is 11.8 Å². The number of Topliss-reactive ketones (excluding diaryl/α,β-unsaturated/α-hetero) is 1. The summed E-state index contributed by atoms with van der Waals surface area (Å²) in [6.07, 6.45) is 0. The molecular formula is C21H22N2O3S. The molecule has 3 rings (SSSR count). The van der Waals surface area contributed by atoms with Gasteiger partial charge in [0.05, 0.1) is 11.9 Å². The summed E-state index contributed by atoms with van der Waals surface area (Å²) in [6, 6.07) is 13.3. The van der Waals surface area contributed by atoms with Crippen LogP contribution in [0.25, 0.3) is 11.5 Å². The monoisotopic (exact) mass is 382 g/mol. The molecular weight excluding hydrogens is 360 g/mol. The van der Waals surface area contributed by atoms with Gasteiger partial charge in [-0.2, -0.15) is 0 Å². The molecule has 0 saturated heterocycles.